The Hall–Kier alpha value is -2.73. The van der Waals surface area contributed by atoms with E-state index in [1.54, 1.807) is 24.3 Å². The van der Waals surface area contributed by atoms with Crippen LogP contribution in [-0.2, 0) is 11.3 Å². The van der Waals surface area contributed by atoms with Crippen molar-refractivity contribution in [3.8, 4) is 11.5 Å². The molecule has 0 unspecified atom stereocenters. The van der Waals surface area contributed by atoms with Crippen molar-refractivity contribution < 1.29 is 19.1 Å². The van der Waals surface area contributed by atoms with Gasteiger partial charge in [0.1, 0.15) is 0 Å². The standard InChI is InChI=1S/C24H29ClN2O4/c1-30-21-13-19(24(29)26-15-17-8-5-9-18(25)12-17)20(14-22(21)31-2)27-23(28)11-10-16-6-3-4-7-16/h5,8-9,12-14,16H,3-4,6-7,10-11,15H2,1-2H3,(H,26,29)(H,27,28). The number of methoxy groups -OCH3 is 2. The third kappa shape index (κ3) is 6.37. The van der Waals surface area contributed by atoms with Gasteiger partial charge in [0, 0.05) is 24.1 Å². The number of ether oxygens (including phenoxy) is 2. The Kier molecular flexibility index (Phi) is 8.18. The third-order valence-electron chi connectivity index (χ3n) is 5.64. The van der Waals surface area contributed by atoms with Crippen LogP contribution in [0.2, 0.25) is 5.02 Å². The van der Waals surface area contributed by atoms with E-state index in [2.05, 4.69) is 10.6 Å². The average molecular weight is 445 g/mol. The first-order valence-corrected chi connectivity index (χ1v) is 11.0. The van der Waals surface area contributed by atoms with Crippen molar-refractivity contribution in [2.75, 3.05) is 19.5 Å². The molecule has 2 amide bonds. The van der Waals surface area contributed by atoms with Crippen LogP contribution < -0.4 is 20.1 Å². The number of carbonyl (C=O) groups is 2. The van der Waals surface area contributed by atoms with Crippen LogP contribution in [0.4, 0.5) is 5.69 Å². The molecule has 6 nitrogen and oxygen atoms in total. The van der Waals surface area contributed by atoms with Gasteiger partial charge in [0.15, 0.2) is 11.5 Å². The summed E-state index contributed by atoms with van der Waals surface area (Å²) >= 11 is 6.02. The van der Waals surface area contributed by atoms with E-state index < -0.39 is 0 Å². The van der Waals surface area contributed by atoms with E-state index in [0.717, 1.165) is 12.0 Å². The van der Waals surface area contributed by atoms with E-state index in [1.165, 1.54) is 39.9 Å². The molecule has 31 heavy (non-hydrogen) atoms. The van der Waals surface area contributed by atoms with Gasteiger partial charge in [-0.3, -0.25) is 9.59 Å². The first-order chi connectivity index (χ1) is 15.0. The van der Waals surface area contributed by atoms with E-state index in [9.17, 15) is 9.59 Å². The summed E-state index contributed by atoms with van der Waals surface area (Å²) in [5, 5.41) is 6.37. The molecule has 166 valence electrons. The van der Waals surface area contributed by atoms with Crippen LogP contribution in [0.5, 0.6) is 11.5 Å². The van der Waals surface area contributed by atoms with E-state index in [0.29, 0.717) is 46.7 Å². The second-order valence-electron chi connectivity index (χ2n) is 7.80. The quantitative estimate of drug-likeness (QED) is 0.557. The highest BCUT2D eigenvalue weighted by Gasteiger charge is 2.20. The fourth-order valence-corrected chi connectivity index (χ4v) is 4.15. The lowest BCUT2D eigenvalue weighted by molar-refractivity contribution is -0.116. The summed E-state index contributed by atoms with van der Waals surface area (Å²) in [6.07, 6.45) is 6.19. The van der Waals surface area contributed by atoms with Crippen molar-refractivity contribution in [1.29, 1.82) is 0 Å². The summed E-state index contributed by atoms with van der Waals surface area (Å²) in [7, 11) is 3.02. The van der Waals surface area contributed by atoms with Gasteiger partial charge in [-0.25, -0.2) is 0 Å². The number of amides is 2. The summed E-state index contributed by atoms with van der Waals surface area (Å²) in [5.74, 6) is 1.05. The number of hydrogen-bond donors (Lipinski definition) is 2. The van der Waals surface area contributed by atoms with Crippen LogP contribution in [0.1, 0.15) is 54.4 Å². The van der Waals surface area contributed by atoms with Crippen LogP contribution in [0.25, 0.3) is 0 Å². The zero-order valence-electron chi connectivity index (χ0n) is 18.0. The van der Waals surface area contributed by atoms with Gasteiger partial charge >= 0.3 is 0 Å². The Morgan fingerprint density at radius 2 is 1.77 bits per heavy atom. The second-order valence-corrected chi connectivity index (χ2v) is 8.24. The van der Waals surface area contributed by atoms with Crippen LogP contribution >= 0.6 is 11.6 Å². The molecule has 3 rings (SSSR count). The van der Waals surface area contributed by atoms with Crippen molar-refractivity contribution in [2.45, 2.75) is 45.1 Å². The minimum atomic E-state index is -0.327. The largest absolute Gasteiger partial charge is 0.493 e. The van der Waals surface area contributed by atoms with Crippen molar-refractivity contribution in [1.82, 2.24) is 5.32 Å². The molecule has 1 aliphatic rings. The number of benzene rings is 2. The predicted molar refractivity (Wildman–Crippen MR) is 122 cm³/mol. The molecule has 0 radical (unpaired) electrons. The van der Waals surface area contributed by atoms with Crippen molar-refractivity contribution in [3.63, 3.8) is 0 Å². The molecule has 0 bridgehead atoms. The van der Waals surface area contributed by atoms with Gasteiger partial charge in [-0.05, 0) is 36.1 Å². The van der Waals surface area contributed by atoms with Crippen molar-refractivity contribution >= 4 is 29.1 Å². The first-order valence-electron chi connectivity index (χ1n) is 10.6. The highest BCUT2D eigenvalue weighted by atomic mass is 35.5. The smallest absolute Gasteiger partial charge is 0.253 e. The molecule has 0 aromatic heterocycles. The summed E-state index contributed by atoms with van der Waals surface area (Å²) in [4.78, 5) is 25.5. The lowest BCUT2D eigenvalue weighted by Crippen LogP contribution is -2.25. The second kappa shape index (κ2) is 11.0. The van der Waals surface area contributed by atoms with Gasteiger partial charge in [0.25, 0.3) is 5.91 Å². The Morgan fingerprint density at radius 1 is 1.06 bits per heavy atom. The molecule has 0 spiro atoms. The number of rotatable bonds is 9. The minimum Gasteiger partial charge on any atom is -0.493 e. The van der Waals surface area contributed by atoms with E-state index in [-0.39, 0.29) is 11.8 Å². The van der Waals surface area contributed by atoms with Crippen LogP contribution in [0.15, 0.2) is 36.4 Å². The SMILES string of the molecule is COc1cc(NC(=O)CCC2CCCC2)c(C(=O)NCc2cccc(Cl)c2)cc1OC. The molecule has 0 saturated heterocycles. The molecule has 7 heteroatoms. The number of nitrogens with one attached hydrogen (secondary N) is 2. The molecule has 2 N–H and O–H groups in total. The van der Waals surface area contributed by atoms with Gasteiger partial charge in [-0.15, -0.1) is 0 Å². The molecule has 0 aliphatic heterocycles. The third-order valence-corrected chi connectivity index (χ3v) is 5.87. The fraction of sp³-hybridized carbons (Fsp3) is 0.417. The van der Waals surface area contributed by atoms with Crippen LogP contribution in [0, 0.1) is 5.92 Å². The van der Waals surface area contributed by atoms with Crippen LogP contribution in [0.3, 0.4) is 0 Å². The molecule has 1 aliphatic carbocycles. The van der Waals surface area contributed by atoms with Crippen molar-refractivity contribution in [2.24, 2.45) is 5.92 Å². The monoisotopic (exact) mass is 444 g/mol. The van der Waals surface area contributed by atoms with E-state index >= 15 is 0 Å². The zero-order chi connectivity index (χ0) is 22.2. The Morgan fingerprint density at radius 3 is 2.45 bits per heavy atom. The minimum absolute atomic E-state index is 0.108. The highest BCUT2D eigenvalue weighted by molar-refractivity contribution is 6.30. The van der Waals surface area contributed by atoms with Crippen LogP contribution in [-0.4, -0.2) is 26.0 Å². The van der Waals surface area contributed by atoms with Gasteiger partial charge in [0.05, 0.1) is 25.5 Å². The lowest BCUT2D eigenvalue weighted by Gasteiger charge is -2.16. The predicted octanol–water partition coefficient (Wildman–Crippen LogP) is 5.20. The maximum Gasteiger partial charge on any atom is 0.253 e. The normalized spacial score (nSPS) is 13.6. The number of hydrogen-bond acceptors (Lipinski definition) is 4. The van der Waals surface area contributed by atoms with Gasteiger partial charge in [-0.1, -0.05) is 49.4 Å². The summed E-state index contributed by atoms with van der Waals surface area (Å²) < 4.78 is 10.7. The zero-order valence-corrected chi connectivity index (χ0v) is 18.8. The summed E-state index contributed by atoms with van der Waals surface area (Å²) in [6, 6.07) is 10.5. The lowest BCUT2D eigenvalue weighted by atomic mass is 10.0. The number of halogens is 1. The molecule has 0 heterocycles. The molecule has 2 aromatic carbocycles. The van der Waals surface area contributed by atoms with Gasteiger partial charge in [0.2, 0.25) is 5.91 Å². The Labute approximate surface area is 188 Å². The molecular weight excluding hydrogens is 416 g/mol. The first kappa shape index (κ1) is 22.9. The van der Waals surface area contributed by atoms with Gasteiger partial charge < -0.3 is 20.1 Å². The van der Waals surface area contributed by atoms with E-state index in [1.807, 2.05) is 12.1 Å². The number of carbonyl (C=O) groups excluding carboxylic acids is 2. The molecule has 1 saturated carbocycles. The Bertz CT molecular complexity index is 926. The number of anilines is 1. The average Bonchev–Trinajstić information content (AvgIpc) is 3.29. The maximum atomic E-state index is 12.9. The van der Waals surface area contributed by atoms with Gasteiger partial charge in [-0.2, -0.15) is 0 Å². The molecule has 2 aromatic rings. The van der Waals surface area contributed by atoms with E-state index in [4.69, 9.17) is 21.1 Å². The molecule has 1 fully saturated rings. The summed E-state index contributed by atoms with van der Waals surface area (Å²) in [5.41, 5.74) is 1.59. The van der Waals surface area contributed by atoms with Crippen molar-refractivity contribution in [3.05, 3.63) is 52.5 Å². The maximum absolute atomic E-state index is 12.9. The topological polar surface area (TPSA) is 76.7 Å². The summed E-state index contributed by atoms with van der Waals surface area (Å²) in [6.45, 7) is 0.308. The fourth-order valence-electron chi connectivity index (χ4n) is 3.94. The Balaban J connectivity index is 1.74. The molecular formula is C24H29ClN2O4. The molecule has 0 atom stereocenters. The highest BCUT2D eigenvalue weighted by Crippen LogP contribution is 2.34.